The first-order valence-electron chi connectivity index (χ1n) is 5.40. The Morgan fingerprint density at radius 3 is 2.47 bits per heavy atom. The Labute approximate surface area is 116 Å². The van der Waals surface area contributed by atoms with E-state index in [1.54, 1.807) is 7.11 Å². The molecule has 1 heterocycles. The van der Waals surface area contributed by atoms with E-state index in [4.69, 9.17) is 4.74 Å². The van der Waals surface area contributed by atoms with Crippen molar-refractivity contribution in [2.75, 3.05) is 13.7 Å². The van der Waals surface area contributed by atoms with E-state index >= 15 is 0 Å². The number of methoxy groups -OCH3 is 1. The minimum absolute atomic E-state index is 0. The molecule has 0 aliphatic heterocycles. The molecule has 0 bridgehead atoms. The molecule has 17 heavy (non-hydrogen) atoms. The van der Waals surface area contributed by atoms with E-state index in [1.165, 1.54) is 0 Å². The Morgan fingerprint density at radius 2 is 1.94 bits per heavy atom. The number of aromatic nitrogens is 1. The highest BCUT2D eigenvalue weighted by molar-refractivity contribution is 5.40. The second kappa shape index (κ2) is 9.51. The van der Waals surface area contributed by atoms with Gasteiger partial charge >= 0.3 is 0 Å². The first-order chi connectivity index (χ1) is 7.20. The van der Waals surface area contributed by atoms with Crippen LogP contribution in [0.3, 0.4) is 0 Å². The lowest BCUT2D eigenvalue weighted by Gasteiger charge is -2.12. The molecule has 1 aromatic rings. The first-order valence-corrected chi connectivity index (χ1v) is 5.40. The SMILES string of the molecule is CCCNCc1ncc(C)c(OC)c1C.[Cl-].[Cl-]. The summed E-state index contributed by atoms with van der Waals surface area (Å²) in [6.45, 7) is 8.07. The highest BCUT2D eigenvalue weighted by Crippen LogP contribution is 2.23. The molecule has 0 saturated heterocycles. The molecule has 100 valence electrons. The van der Waals surface area contributed by atoms with Gasteiger partial charge in [0.15, 0.2) is 0 Å². The number of rotatable bonds is 5. The van der Waals surface area contributed by atoms with Gasteiger partial charge in [-0.25, -0.2) is 0 Å². The summed E-state index contributed by atoms with van der Waals surface area (Å²) in [7, 11) is 1.71. The summed E-state index contributed by atoms with van der Waals surface area (Å²) in [5.41, 5.74) is 3.31. The van der Waals surface area contributed by atoms with Crippen molar-refractivity contribution >= 4 is 0 Å². The zero-order chi connectivity index (χ0) is 11.3. The van der Waals surface area contributed by atoms with E-state index in [0.717, 1.165) is 42.1 Å². The minimum Gasteiger partial charge on any atom is -1.00 e. The third kappa shape index (κ3) is 5.11. The molecule has 0 amide bonds. The van der Waals surface area contributed by atoms with Crippen LogP contribution in [0, 0.1) is 13.8 Å². The quantitative estimate of drug-likeness (QED) is 0.562. The maximum Gasteiger partial charge on any atom is 0.128 e. The Morgan fingerprint density at radius 1 is 1.29 bits per heavy atom. The summed E-state index contributed by atoms with van der Waals surface area (Å²) in [5, 5.41) is 3.34. The molecule has 1 aromatic heterocycles. The van der Waals surface area contributed by atoms with Crippen LogP contribution in [-0.4, -0.2) is 18.6 Å². The lowest BCUT2D eigenvalue weighted by atomic mass is 10.1. The zero-order valence-corrected chi connectivity index (χ0v) is 12.3. The van der Waals surface area contributed by atoms with Crippen molar-refractivity contribution in [1.29, 1.82) is 0 Å². The van der Waals surface area contributed by atoms with Crippen LogP contribution < -0.4 is 34.9 Å². The molecule has 5 heteroatoms. The number of aryl methyl sites for hydroxylation is 1. The highest BCUT2D eigenvalue weighted by Gasteiger charge is 2.08. The number of halogens is 2. The molecule has 0 fully saturated rings. The van der Waals surface area contributed by atoms with Crippen LogP contribution in [0.2, 0.25) is 0 Å². The van der Waals surface area contributed by atoms with E-state index in [2.05, 4.69) is 24.1 Å². The molecule has 1 rings (SSSR count). The van der Waals surface area contributed by atoms with Gasteiger partial charge in [-0.3, -0.25) is 4.98 Å². The Kier molecular flexibility index (Phi) is 10.5. The smallest absolute Gasteiger partial charge is 0.128 e. The second-order valence-electron chi connectivity index (χ2n) is 3.72. The van der Waals surface area contributed by atoms with Crippen molar-refractivity contribution < 1.29 is 29.6 Å². The first kappa shape index (κ1) is 18.8. The molecule has 0 unspecified atom stereocenters. The van der Waals surface area contributed by atoms with E-state index in [-0.39, 0.29) is 24.8 Å². The van der Waals surface area contributed by atoms with Crippen LogP contribution >= 0.6 is 0 Å². The maximum absolute atomic E-state index is 5.35. The predicted octanol–water partition coefficient (Wildman–Crippen LogP) is -3.79. The molecule has 0 aromatic carbocycles. The number of ether oxygens (including phenoxy) is 1. The summed E-state index contributed by atoms with van der Waals surface area (Å²) < 4.78 is 5.35. The number of nitrogens with one attached hydrogen (secondary N) is 1. The summed E-state index contributed by atoms with van der Waals surface area (Å²) in [5.74, 6) is 0.957. The molecule has 0 aliphatic carbocycles. The van der Waals surface area contributed by atoms with E-state index in [0.29, 0.717) is 0 Å². The molecule has 0 saturated carbocycles. The largest absolute Gasteiger partial charge is 1.00 e. The molecule has 0 atom stereocenters. The summed E-state index contributed by atoms with van der Waals surface area (Å²) in [6, 6.07) is 0. The van der Waals surface area contributed by atoms with Gasteiger partial charge in [0.05, 0.1) is 12.8 Å². The average molecular weight is 279 g/mol. The Balaban J connectivity index is 0. The Hall–Kier alpha value is -0.510. The second-order valence-corrected chi connectivity index (χ2v) is 3.72. The predicted molar refractivity (Wildman–Crippen MR) is 62.3 cm³/mol. The number of hydrogen-bond donors (Lipinski definition) is 1. The van der Waals surface area contributed by atoms with Crippen LogP contribution in [0.1, 0.15) is 30.2 Å². The van der Waals surface area contributed by atoms with Crippen LogP contribution in [0.25, 0.3) is 0 Å². The van der Waals surface area contributed by atoms with Gasteiger partial charge in [0.1, 0.15) is 5.75 Å². The molecule has 1 N–H and O–H groups in total. The van der Waals surface area contributed by atoms with E-state index in [9.17, 15) is 0 Å². The number of hydrogen-bond acceptors (Lipinski definition) is 3. The Bertz CT molecular complexity index is 333. The lowest BCUT2D eigenvalue weighted by molar-refractivity contribution is -0.001000. The maximum atomic E-state index is 5.35. The van der Waals surface area contributed by atoms with Crippen molar-refractivity contribution in [2.24, 2.45) is 0 Å². The number of pyridine rings is 1. The van der Waals surface area contributed by atoms with Crippen molar-refractivity contribution in [1.82, 2.24) is 10.3 Å². The molecular weight excluding hydrogens is 259 g/mol. The topological polar surface area (TPSA) is 34.2 Å². The molecule has 0 spiro atoms. The van der Waals surface area contributed by atoms with Crippen LogP contribution in [0.4, 0.5) is 0 Å². The highest BCUT2D eigenvalue weighted by atomic mass is 35.5. The fourth-order valence-corrected chi connectivity index (χ4v) is 1.63. The van der Waals surface area contributed by atoms with Crippen molar-refractivity contribution in [2.45, 2.75) is 33.7 Å². The third-order valence-corrected chi connectivity index (χ3v) is 2.47. The molecule has 0 aliphatic rings. The van der Waals surface area contributed by atoms with Crippen molar-refractivity contribution in [3.8, 4) is 5.75 Å². The van der Waals surface area contributed by atoms with Crippen molar-refractivity contribution in [3.63, 3.8) is 0 Å². The van der Waals surface area contributed by atoms with E-state index < -0.39 is 0 Å². The zero-order valence-electron chi connectivity index (χ0n) is 10.8. The minimum atomic E-state index is 0. The van der Waals surface area contributed by atoms with Gasteiger partial charge in [-0.05, 0) is 26.8 Å². The average Bonchev–Trinajstić information content (AvgIpc) is 2.22. The molecule has 0 radical (unpaired) electrons. The third-order valence-electron chi connectivity index (χ3n) is 2.47. The normalized spacial score (nSPS) is 9.18. The van der Waals surface area contributed by atoms with Gasteiger partial charge in [-0.15, -0.1) is 0 Å². The van der Waals surface area contributed by atoms with Crippen LogP contribution in [-0.2, 0) is 6.54 Å². The fourth-order valence-electron chi connectivity index (χ4n) is 1.63. The summed E-state index contributed by atoms with van der Waals surface area (Å²) >= 11 is 0. The van der Waals surface area contributed by atoms with Gasteiger partial charge in [-0.2, -0.15) is 0 Å². The summed E-state index contributed by atoms with van der Waals surface area (Å²) in [6.07, 6.45) is 3.01. The van der Waals surface area contributed by atoms with Crippen LogP contribution in [0.5, 0.6) is 5.75 Å². The molecular formula is C12H20Cl2N2O-2. The van der Waals surface area contributed by atoms with Crippen molar-refractivity contribution in [3.05, 3.63) is 23.0 Å². The van der Waals surface area contributed by atoms with Crippen LogP contribution in [0.15, 0.2) is 6.20 Å². The van der Waals surface area contributed by atoms with Gasteiger partial charge < -0.3 is 34.9 Å². The monoisotopic (exact) mass is 278 g/mol. The lowest BCUT2D eigenvalue weighted by Crippen LogP contribution is -3.00. The molecule has 3 nitrogen and oxygen atoms in total. The standard InChI is InChI=1S/C12H20N2O.2ClH/c1-5-6-13-8-11-10(3)12(15-4)9(2)7-14-11;;/h7,13H,5-6,8H2,1-4H3;2*1H/p-2. The van der Waals surface area contributed by atoms with E-state index in [1.807, 2.05) is 13.1 Å². The van der Waals surface area contributed by atoms with Gasteiger partial charge in [0.2, 0.25) is 0 Å². The van der Waals surface area contributed by atoms with Gasteiger partial charge in [0, 0.05) is 23.9 Å². The number of nitrogens with zero attached hydrogens (tertiary/aromatic N) is 1. The van der Waals surface area contributed by atoms with Gasteiger partial charge in [-0.1, -0.05) is 6.92 Å². The van der Waals surface area contributed by atoms with Gasteiger partial charge in [0.25, 0.3) is 0 Å². The summed E-state index contributed by atoms with van der Waals surface area (Å²) in [4.78, 5) is 4.42. The fraction of sp³-hybridized carbons (Fsp3) is 0.583.